The summed E-state index contributed by atoms with van der Waals surface area (Å²) in [5, 5.41) is 0. The molecule has 2 aliphatic heterocycles. The number of amides is 1. The molecule has 0 spiro atoms. The van der Waals surface area contributed by atoms with Crippen molar-refractivity contribution in [1.29, 1.82) is 0 Å². The maximum Gasteiger partial charge on any atom is 0.410 e. The van der Waals surface area contributed by atoms with E-state index < -0.39 is 9.84 Å². The van der Waals surface area contributed by atoms with E-state index in [4.69, 9.17) is 9.47 Å². The first-order valence-electron chi connectivity index (χ1n) is 11.3. The van der Waals surface area contributed by atoms with Gasteiger partial charge in [-0.05, 0) is 56.2 Å². The Morgan fingerprint density at radius 2 is 1.84 bits per heavy atom. The summed E-state index contributed by atoms with van der Waals surface area (Å²) in [6.07, 6.45) is 8.80. The predicted molar refractivity (Wildman–Crippen MR) is 119 cm³/mol. The molecular weight excluding hydrogens is 428 g/mol. The fourth-order valence-electron chi connectivity index (χ4n) is 4.62. The van der Waals surface area contributed by atoms with Crippen LogP contribution in [0.3, 0.4) is 0 Å². The van der Waals surface area contributed by atoms with Crippen molar-refractivity contribution in [2.24, 2.45) is 5.92 Å². The Bertz CT molecular complexity index is 1100. The van der Waals surface area contributed by atoms with Gasteiger partial charge in [-0.3, -0.25) is 4.98 Å². The van der Waals surface area contributed by atoms with Crippen molar-refractivity contribution in [2.75, 3.05) is 19.3 Å². The molecule has 32 heavy (non-hydrogen) atoms. The third kappa shape index (κ3) is 4.33. The number of sulfone groups is 1. The van der Waals surface area contributed by atoms with Crippen LogP contribution in [0.2, 0.25) is 0 Å². The number of ether oxygens (including phenoxy) is 2. The summed E-state index contributed by atoms with van der Waals surface area (Å²) in [7, 11) is -3.22. The lowest BCUT2D eigenvalue weighted by molar-refractivity contribution is 0.0146. The van der Waals surface area contributed by atoms with E-state index in [9.17, 15) is 13.2 Å². The molecule has 7 nitrogen and oxygen atoms in total. The Morgan fingerprint density at radius 1 is 1.12 bits per heavy atom. The number of piperidine rings is 1. The summed E-state index contributed by atoms with van der Waals surface area (Å²) in [6.45, 7) is 1.42. The number of carbonyl (C=O) groups excluding carboxylic acids is 1. The minimum absolute atomic E-state index is 0.0967. The van der Waals surface area contributed by atoms with Crippen LogP contribution in [-0.4, -0.2) is 55.9 Å². The van der Waals surface area contributed by atoms with Crippen LogP contribution < -0.4 is 4.74 Å². The second-order valence-corrected chi connectivity index (χ2v) is 11.1. The van der Waals surface area contributed by atoms with Crippen LogP contribution in [0.1, 0.15) is 37.7 Å². The molecule has 2 fully saturated rings. The summed E-state index contributed by atoms with van der Waals surface area (Å²) in [5.74, 6) is 1.21. The minimum atomic E-state index is -3.22. The number of rotatable bonds is 4. The van der Waals surface area contributed by atoms with E-state index in [1.54, 1.807) is 30.5 Å². The number of carbonyl (C=O) groups is 1. The molecule has 0 N–H and O–H groups in total. The van der Waals surface area contributed by atoms with Crippen LogP contribution in [0.4, 0.5) is 4.79 Å². The van der Waals surface area contributed by atoms with Gasteiger partial charge < -0.3 is 14.4 Å². The highest BCUT2D eigenvalue weighted by Gasteiger charge is 2.35. The van der Waals surface area contributed by atoms with Crippen LogP contribution in [-0.2, 0) is 21.0 Å². The Balaban J connectivity index is 1.20. The van der Waals surface area contributed by atoms with Crippen molar-refractivity contribution in [3.63, 3.8) is 0 Å². The summed E-state index contributed by atoms with van der Waals surface area (Å²) >= 11 is 0. The Morgan fingerprint density at radius 3 is 2.47 bits per heavy atom. The average molecular weight is 457 g/mol. The van der Waals surface area contributed by atoms with Gasteiger partial charge >= 0.3 is 6.09 Å². The molecule has 1 saturated carbocycles. The zero-order chi connectivity index (χ0) is 22.3. The number of benzene rings is 1. The van der Waals surface area contributed by atoms with E-state index in [0.29, 0.717) is 23.9 Å². The molecular formula is C24H28N2O5S. The summed E-state index contributed by atoms with van der Waals surface area (Å²) < 4.78 is 35.1. The second kappa shape index (κ2) is 8.39. The normalized spacial score (nSPS) is 21.5. The average Bonchev–Trinajstić information content (AvgIpc) is 3.19. The Hall–Kier alpha value is -2.61. The molecule has 1 unspecified atom stereocenters. The molecule has 3 aliphatic rings. The molecule has 1 amide bonds. The number of pyridine rings is 1. The minimum Gasteiger partial charge on any atom is -0.488 e. The van der Waals surface area contributed by atoms with Crippen molar-refractivity contribution >= 4 is 15.9 Å². The van der Waals surface area contributed by atoms with Crippen LogP contribution >= 0.6 is 0 Å². The maximum absolute atomic E-state index is 12.3. The quantitative estimate of drug-likeness (QED) is 0.695. The van der Waals surface area contributed by atoms with Gasteiger partial charge in [-0.15, -0.1) is 0 Å². The van der Waals surface area contributed by atoms with Gasteiger partial charge in [0.05, 0.1) is 16.8 Å². The molecule has 3 heterocycles. The predicted octanol–water partition coefficient (Wildman–Crippen LogP) is 3.86. The fourth-order valence-corrected chi connectivity index (χ4v) is 5.26. The molecule has 1 aromatic heterocycles. The van der Waals surface area contributed by atoms with E-state index in [1.807, 2.05) is 11.0 Å². The zero-order valence-corrected chi connectivity index (χ0v) is 19.0. The highest BCUT2D eigenvalue weighted by atomic mass is 32.2. The maximum atomic E-state index is 12.3. The number of fused-ring (bicyclic) bond motifs is 1. The lowest BCUT2D eigenvalue weighted by Crippen LogP contribution is -2.44. The van der Waals surface area contributed by atoms with Gasteiger partial charge in [-0.2, -0.15) is 0 Å². The molecule has 170 valence electrons. The van der Waals surface area contributed by atoms with Gasteiger partial charge in [-0.1, -0.05) is 12.1 Å². The van der Waals surface area contributed by atoms with Crippen LogP contribution in [0.25, 0.3) is 11.3 Å². The zero-order valence-electron chi connectivity index (χ0n) is 18.2. The monoisotopic (exact) mass is 456 g/mol. The number of likely N-dealkylation sites (tertiary alicyclic amines) is 1. The van der Waals surface area contributed by atoms with E-state index in [1.165, 1.54) is 6.26 Å². The Labute approximate surface area is 188 Å². The van der Waals surface area contributed by atoms with E-state index in [0.717, 1.165) is 61.1 Å². The van der Waals surface area contributed by atoms with Gasteiger partial charge in [0.15, 0.2) is 9.84 Å². The van der Waals surface area contributed by atoms with Gasteiger partial charge in [0.1, 0.15) is 18.0 Å². The van der Waals surface area contributed by atoms with Crippen LogP contribution in [0.15, 0.2) is 41.4 Å². The molecule has 1 atom stereocenters. The highest BCUT2D eigenvalue weighted by Crippen LogP contribution is 2.37. The molecule has 2 aromatic rings. The molecule has 0 bridgehead atoms. The number of hydrogen-bond acceptors (Lipinski definition) is 6. The van der Waals surface area contributed by atoms with E-state index >= 15 is 0 Å². The Kier molecular flexibility index (Phi) is 5.57. The second-order valence-electron chi connectivity index (χ2n) is 9.10. The largest absolute Gasteiger partial charge is 0.488 e. The van der Waals surface area contributed by atoms with Gasteiger partial charge in [0, 0.05) is 36.9 Å². The first-order valence-corrected chi connectivity index (χ1v) is 13.2. The molecule has 1 aromatic carbocycles. The number of aromatic nitrogens is 1. The van der Waals surface area contributed by atoms with Crippen molar-refractivity contribution in [3.8, 4) is 17.0 Å². The highest BCUT2D eigenvalue weighted by molar-refractivity contribution is 7.90. The SMILES string of the molecule is CS(=O)(=O)c1ccc(-c2cc3c(cn2)OC(C2CCN(C(=O)OC4CCC4)CC2)C3)cc1. The summed E-state index contributed by atoms with van der Waals surface area (Å²) in [6, 6.07) is 8.84. The van der Waals surface area contributed by atoms with E-state index in [2.05, 4.69) is 4.98 Å². The molecule has 1 saturated heterocycles. The van der Waals surface area contributed by atoms with Gasteiger partial charge in [0.25, 0.3) is 0 Å². The lowest BCUT2D eigenvalue weighted by Gasteiger charge is -2.35. The number of hydrogen-bond donors (Lipinski definition) is 0. The van der Waals surface area contributed by atoms with Crippen molar-refractivity contribution in [1.82, 2.24) is 9.88 Å². The summed E-state index contributed by atoms with van der Waals surface area (Å²) in [4.78, 5) is 18.9. The van der Waals surface area contributed by atoms with Gasteiger partial charge in [0.2, 0.25) is 0 Å². The first-order chi connectivity index (χ1) is 15.4. The first kappa shape index (κ1) is 21.2. The summed E-state index contributed by atoms with van der Waals surface area (Å²) in [5.41, 5.74) is 2.81. The fraction of sp³-hybridized carbons (Fsp3) is 0.500. The van der Waals surface area contributed by atoms with Crippen molar-refractivity contribution in [3.05, 3.63) is 42.1 Å². The third-order valence-corrected chi connectivity index (χ3v) is 8.00. The topological polar surface area (TPSA) is 85.8 Å². The third-order valence-electron chi connectivity index (χ3n) is 6.87. The molecule has 0 radical (unpaired) electrons. The molecule has 5 rings (SSSR count). The number of nitrogens with zero attached hydrogens (tertiary/aromatic N) is 2. The van der Waals surface area contributed by atoms with Crippen LogP contribution in [0.5, 0.6) is 5.75 Å². The van der Waals surface area contributed by atoms with Gasteiger partial charge in [-0.25, -0.2) is 13.2 Å². The molecule has 8 heteroatoms. The standard InChI is InChI=1S/C24H28N2O5S/c1-32(28,29)20-7-5-16(6-8-20)21-13-18-14-22(31-23(18)15-25-21)17-9-11-26(12-10-17)24(27)30-19-3-2-4-19/h5-8,13,15,17,19,22H,2-4,9-12,14H2,1H3. The molecule has 1 aliphatic carbocycles. The van der Waals surface area contributed by atoms with Crippen LogP contribution in [0, 0.1) is 5.92 Å². The van der Waals surface area contributed by atoms with Crippen molar-refractivity contribution in [2.45, 2.75) is 55.6 Å². The van der Waals surface area contributed by atoms with Crippen molar-refractivity contribution < 1.29 is 22.7 Å². The smallest absolute Gasteiger partial charge is 0.410 e. The van der Waals surface area contributed by atoms with E-state index in [-0.39, 0.29) is 18.3 Å². The lowest BCUT2D eigenvalue weighted by atomic mass is 9.89.